The minimum atomic E-state index is -0.0658. The van der Waals surface area contributed by atoms with Crippen molar-refractivity contribution < 1.29 is 9.53 Å². The molecule has 1 amide bonds. The lowest BCUT2D eigenvalue weighted by molar-refractivity contribution is 0.0932. The molecule has 1 atom stereocenters. The Hall–Kier alpha value is -3.27. The van der Waals surface area contributed by atoms with Gasteiger partial charge in [0.15, 0.2) is 0 Å². The number of benzene rings is 3. The lowest BCUT2D eigenvalue weighted by Crippen LogP contribution is -2.29. The van der Waals surface area contributed by atoms with E-state index >= 15 is 0 Å². The largest absolute Gasteiger partial charge is 0.489 e. The van der Waals surface area contributed by atoms with Gasteiger partial charge in [0.1, 0.15) is 12.4 Å². The zero-order valence-corrected chi connectivity index (χ0v) is 18.8. The van der Waals surface area contributed by atoms with Crippen LogP contribution in [0.2, 0.25) is 0 Å². The molecule has 0 aromatic heterocycles. The van der Waals surface area contributed by atoms with Crippen molar-refractivity contribution in [2.24, 2.45) is 5.92 Å². The van der Waals surface area contributed by atoms with Gasteiger partial charge in [-0.05, 0) is 59.9 Å². The third-order valence-electron chi connectivity index (χ3n) is 5.16. The van der Waals surface area contributed by atoms with Gasteiger partial charge in [0.05, 0.1) is 6.04 Å². The van der Waals surface area contributed by atoms with E-state index in [1.165, 1.54) is 0 Å². The fourth-order valence-corrected chi connectivity index (χ4v) is 3.48. The van der Waals surface area contributed by atoms with Crippen LogP contribution >= 0.6 is 0 Å². The van der Waals surface area contributed by atoms with Crippen molar-refractivity contribution in [1.29, 1.82) is 0 Å². The van der Waals surface area contributed by atoms with Crippen molar-refractivity contribution in [3.8, 4) is 5.75 Å². The molecule has 4 heteroatoms. The number of anilines is 1. The van der Waals surface area contributed by atoms with Crippen molar-refractivity contribution >= 4 is 11.6 Å². The Kier molecular flexibility index (Phi) is 7.71. The number of carbonyl (C=O) groups is 1. The molecule has 0 aliphatic heterocycles. The summed E-state index contributed by atoms with van der Waals surface area (Å²) in [6, 6.07) is 25.7. The van der Waals surface area contributed by atoms with Crippen LogP contribution in [-0.4, -0.2) is 20.0 Å². The van der Waals surface area contributed by atoms with Gasteiger partial charge in [-0.15, -0.1) is 0 Å². The number of carbonyl (C=O) groups excluding carboxylic acids is 1. The maximum Gasteiger partial charge on any atom is 0.251 e. The fraction of sp³-hybridized carbons (Fsp3) is 0.296. The van der Waals surface area contributed by atoms with Gasteiger partial charge in [0.25, 0.3) is 5.91 Å². The highest BCUT2D eigenvalue weighted by Gasteiger charge is 2.18. The Bertz CT molecular complexity index is 966. The van der Waals surface area contributed by atoms with Crippen LogP contribution in [-0.2, 0) is 6.61 Å². The van der Waals surface area contributed by atoms with Crippen LogP contribution in [0.5, 0.6) is 5.75 Å². The van der Waals surface area contributed by atoms with Crippen LogP contribution in [0.3, 0.4) is 0 Å². The molecule has 1 N–H and O–H groups in total. The molecule has 0 bridgehead atoms. The molecule has 4 nitrogen and oxygen atoms in total. The summed E-state index contributed by atoms with van der Waals surface area (Å²) in [7, 11) is 4.05. The number of ether oxygens (including phenoxy) is 1. The highest BCUT2D eigenvalue weighted by Crippen LogP contribution is 2.24. The van der Waals surface area contributed by atoms with E-state index < -0.39 is 0 Å². The minimum absolute atomic E-state index is 0.0343. The van der Waals surface area contributed by atoms with Gasteiger partial charge in [0, 0.05) is 25.3 Å². The lowest BCUT2D eigenvalue weighted by Gasteiger charge is -2.22. The number of rotatable bonds is 9. The summed E-state index contributed by atoms with van der Waals surface area (Å²) in [5, 5.41) is 3.24. The predicted octanol–water partition coefficient (Wildman–Crippen LogP) is 5.85. The van der Waals surface area contributed by atoms with E-state index in [0.717, 1.165) is 29.0 Å². The molecule has 31 heavy (non-hydrogen) atoms. The third-order valence-corrected chi connectivity index (χ3v) is 5.16. The Morgan fingerprint density at radius 1 is 0.935 bits per heavy atom. The second-order valence-electron chi connectivity index (χ2n) is 8.44. The van der Waals surface area contributed by atoms with Gasteiger partial charge in [-0.1, -0.05) is 56.3 Å². The highest BCUT2D eigenvalue weighted by molar-refractivity contribution is 5.94. The molecule has 0 fully saturated rings. The first-order chi connectivity index (χ1) is 14.9. The molecule has 0 aliphatic rings. The van der Waals surface area contributed by atoms with Gasteiger partial charge in [0.2, 0.25) is 0 Å². The molecule has 0 saturated heterocycles. The molecule has 3 aromatic rings. The first kappa shape index (κ1) is 22.4. The molecule has 0 aliphatic carbocycles. The molecular weight excluding hydrogens is 384 g/mol. The standard InChI is InChI=1S/C27H32N2O2/c1-20(2)17-26(22-13-15-24(16-14-22)29(3)4)28-27(30)23-10-8-9-21(18-23)19-31-25-11-6-5-7-12-25/h5-16,18,20,26H,17,19H2,1-4H3,(H,28,30). The van der Waals surface area contributed by atoms with E-state index in [9.17, 15) is 4.79 Å². The van der Waals surface area contributed by atoms with E-state index in [1.807, 2.05) is 68.7 Å². The van der Waals surface area contributed by atoms with Gasteiger partial charge in [-0.3, -0.25) is 4.79 Å². The number of hydrogen-bond acceptors (Lipinski definition) is 3. The molecule has 3 aromatic carbocycles. The maximum absolute atomic E-state index is 13.1. The smallest absolute Gasteiger partial charge is 0.251 e. The summed E-state index contributed by atoms with van der Waals surface area (Å²) in [5.41, 5.74) is 3.88. The zero-order valence-electron chi connectivity index (χ0n) is 18.8. The Balaban J connectivity index is 1.70. The number of nitrogens with zero attached hydrogens (tertiary/aromatic N) is 1. The SMILES string of the molecule is CC(C)CC(NC(=O)c1cccc(COc2ccccc2)c1)c1ccc(N(C)C)cc1. The summed E-state index contributed by atoms with van der Waals surface area (Å²) in [6.07, 6.45) is 0.879. The monoisotopic (exact) mass is 416 g/mol. The zero-order chi connectivity index (χ0) is 22.2. The first-order valence-electron chi connectivity index (χ1n) is 10.8. The molecule has 0 heterocycles. The van der Waals surface area contributed by atoms with Crippen molar-refractivity contribution in [3.63, 3.8) is 0 Å². The molecule has 162 valence electrons. The van der Waals surface area contributed by atoms with Crippen LogP contribution in [0, 0.1) is 5.92 Å². The van der Waals surface area contributed by atoms with Gasteiger partial charge >= 0.3 is 0 Å². The van der Waals surface area contributed by atoms with Crippen LogP contribution < -0.4 is 15.0 Å². The molecular formula is C27H32N2O2. The summed E-state index contributed by atoms with van der Waals surface area (Å²) in [5.74, 6) is 1.21. The Labute approximate surface area is 185 Å². The van der Waals surface area contributed by atoms with Crippen LogP contribution in [0.1, 0.15) is 47.8 Å². The molecule has 1 unspecified atom stereocenters. The Morgan fingerprint density at radius 2 is 1.65 bits per heavy atom. The summed E-state index contributed by atoms with van der Waals surface area (Å²) < 4.78 is 5.82. The highest BCUT2D eigenvalue weighted by atomic mass is 16.5. The van der Waals surface area contributed by atoms with Crippen molar-refractivity contribution in [1.82, 2.24) is 5.32 Å². The quantitative estimate of drug-likeness (QED) is 0.476. The predicted molar refractivity (Wildman–Crippen MR) is 128 cm³/mol. The second-order valence-corrected chi connectivity index (χ2v) is 8.44. The normalized spacial score (nSPS) is 11.8. The van der Waals surface area contributed by atoms with Crippen LogP contribution in [0.15, 0.2) is 78.9 Å². The lowest BCUT2D eigenvalue weighted by atomic mass is 9.96. The average molecular weight is 417 g/mol. The first-order valence-corrected chi connectivity index (χ1v) is 10.8. The maximum atomic E-state index is 13.1. The number of amides is 1. The van der Waals surface area contributed by atoms with E-state index in [1.54, 1.807) is 0 Å². The van der Waals surface area contributed by atoms with Crippen molar-refractivity contribution in [2.75, 3.05) is 19.0 Å². The number of nitrogens with one attached hydrogen (secondary N) is 1. The van der Waals surface area contributed by atoms with Crippen molar-refractivity contribution in [2.45, 2.75) is 32.9 Å². The Morgan fingerprint density at radius 3 is 2.29 bits per heavy atom. The summed E-state index contributed by atoms with van der Waals surface area (Å²) >= 11 is 0. The summed E-state index contributed by atoms with van der Waals surface area (Å²) in [4.78, 5) is 15.1. The average Bonchev–Trinajstić information content (AvgIpc) is 2.78. The van der Waals surface area contributed by atoms with Crippen LogP contribution in [0.4, 0.5) is 5.69 Å². The van der Waals surface area contributed by atoms with Gasteiger partial charge in [-0.2, -0.15) is 0 Å². The molecule has 0 saturated carbocycles. The molecule has 3 rings (SSSR count). The fourth-order valence-electron chi connectivity index (χ4n) is 3.48. The van der Waals surface area contributed by atoms with Crippen molar-refractivity contribution in [3.05, 3.63) is 95.6 Å². The molecule has 0 radical (unpaired) electrons. The second kappa shape index (κ2) is 10.7. The van der Waals surface area contributed by atoms with Gasteiger partial charge in [-0.25, -0.2) is 0 Å². The molecule has 0 spiro atoms. The number of hydrogen-bond donors (Lipinski definition) is 1. The number of para-hydroxylation sites is 1. The summed E-state index contributed by atoms with van der Waals surface area (Å²) in [6.45, 7) is 4.77. The third kappa shape index (κ3) is 6.61. The topological polar surface area (TPSA) is 41.6 Å². The van der Waals surface area contributed by atoms with E-state index in [2.05, 4.69) is 48.3 Å². The van der Waals surface area contributed by atoms with Crippen LogP contribution in [0.25, 0.3) is 0 Å². The van der Waals surface area contributed by atoms with E-state index in [0.29, 0.717) is 18.1 Å². The van der Waals surface area contributed by atoms with Gasteiger partial charge < -0.3 is 15.0 Å². The van der Waals surface area contributed by atoms with E-state index in [4.69, 9.17) is 4.74 Å². The minimum Gasteiger partial charge on any atom is -0.489 e. The van der Waals surface area contributed by atoms with E-state index in [-0.39, 0.29) is 11.9 Å².